The summed E-state index contributed by atoms with van der Waals surface area (Å²) < 4.78 is 12.1. The summed E-state index contributed by atoms with van der Waals surface area (Å²) >= 11 is 0. The van der Waals surface area contributed by atoms with Crippen LogP contribution in [0.2, 0.25) is 0 Å². The molecule has 0 atom stereocenters. The Morgan fingerprint density at radius 3 is 2.30 bits per heavy atom. The normalized spacial score (nSPS) is 12.4. The molecule has 10 heavy (non-hydrogen) atoms. The third-order valence-electron chi connectivity index (χ3n) is 0.885. The monoisotopic (exact) mass is 138 g/mol. The second kappa shape index (κ2) is 4.81. The van der Waals surface area contributed by atoms with Gasteiger partial charge in [-0.3, -0.25) is 0 Å². The first kappa shape index (κ1) is 8.97. The van der Waals surface area contributed by atoms with E-state index in [0.717, 1.165) is 5.57 Å². The van der Waals surface area contributed by atoms with Crippen LogP contribution in [0, 0.1) is 11.8 Å². The smallest absolute Gasteiger partial charge is 0.0969 e. The average Bonchev–Trinajstić information content (AvgIpc) is 1.85. The molecule has 0 fully saturated rings. The molecular formula is C9H11F. The maximum Gasteiger partial charge on any atom is 0.0969 e. The molecule has 0 unspecified atom stereocenters. The van der Waals surface area contributed by atoms with Crippen LogP contribution in [-0.2, 0) is 0 Å². The molecule has 0 aromatic carbocycles. The molecule has 0 N–H and O–H groups in total. The van der Waals surface area contributed by atoms with Gasteiger partial charge in [-0.05, 0) is 38.5 Å². The third-order valence-corrected chi connectivity index (χ3v) is 0.885. The van der Waals surface area contributed by atoms with E-state index in [2.05, 4.69) is 11.8 Å². The Morgan fingerprint density at radius 1 is 1.30 bits per heavy atom. The molecule has 1 heteroatoms. The van der Waals surface area contributed by atoms with E-state index in [1.165, 1.54) is 13.0 Å². The fourth-order valence-corrected chi connectivity index (χ4v) is 0.479. The predicted molar refractivity (Wildman–Crippen MR) is 42.1 cm³/mol. The molecule has 0 aromatic heterocycles. The fraction of sp³-hybridized carbons (Fsp3) is 0.333. The van der Waals surface area contributed by atoms with Gasteiger partial charge >= 0.3 is 0 Å². The van der Waals surface area contributed by atoms with Gasteiger partial charge < -0.3 is 0 Å². The van der Waals surface area contributed by atoms with Gasteiger partial charge in [-0.2, -0.15) is 0 Å². The molecule has 0 saturated carbocycles. The van der Waals surface area contributed by atoms with E-state index in [1.54, 1.807) is 13.0 Å². The number of halogens is 1. The lowest BCUT2D eigenvalue weighted by Gasteiger charge is -1.82. The quantitative estimate of drug-likeness (QED) is 0.386. The summed E-state index contributed by atoms with van der Waals surface area (Å²) in [6.45, 7) is 5.00. The lowest BCUT2D eigenvalue weighted by atomic mass is 10.3. The second-order valence-corrected chi connectivity index (χ2v) is 1.98. The molecular weight excluding hydrogens is 127 g/mol. The van der Waals surface area contributed by atoms with Crippen molar-refractivity contribution in [1.82, 2.24) is 0 Å². The van der Waals surface area contributed by atoms with Crippen LogP contribution in [0.15, 0.2) is 23.6 Å². The van der Waals surface area contributed by atoms with Crippen molar-refractivity contribution in [2.75, 3.05) is 0 Å². The van der Waals surface area contributed by atoms with E-state index in [9.17, 15) is 4.39 Å². The van der Waals surface area contributed by atoms with E-state index in [1.807, 2.05) is 6.92 Å². The van der Waals surface area contributed by atoms with E-state index < -0.39 is 0 Å². The van der Waals surface area contributed by atoms with Crippen molar-refractivity contribution in [2.24, 2.45) is 0 Å². The fourth-order valence-electron chi connectivity index (χ4n) is 0.479. The molecule has 0 nitrogen and oxygen atoms in total. The first-order valence-corrected chi connectivity index (χ1v) is 3.10. The number of hydrogen-bond donors (Lipinski definition) is 0. The van der Waals surface area contributed by atoms with Crippen LogP contribution in [0.4, 0.5) is 4.39 Å². The van der Waals surface area contributed by atoms with E-state index in [4.69, 9.17) is 0 Å². The van der Waals surface area contributed by atoms with Gasteiger partial charge in [0.15, 0.2) is 0 Å². The first-order valence-electron chi connectivity index (χ1n) is 3.10. The molecule has 0 amide bonds. The van der Waals surface area contributed by atoms with Gasteiger partial charge in [0.2, 0.25) is 0 Å². The zero-order valence-corrected chi connectivity index (χ0v) is 6.53. The number of rotatable bonds is 1. The maximum atomic E-state index is 12.1. The van der Waals surface area contributed by atoms with Gasteiger partial charge in [0.1, 0.15) is 0 Å². The molecule has 0 radical (unpaired) electrons. The molecule has 0 heterocycles. The second-order valence-electron chi connectivity index (χ2n) is 1.98. The van der Waals surface area contributed by atoms with Crippen LogP contribution in [0.1, 0.15) is 20.8 Å². The van der Waals surface area contributed by atoms with Crippen LogP contribution in [0.5, 0.6) is 0 Å². The Hall–Kier alpha value is -1.03. The zero-order chi connectivity index (χ0) is 7.98. The van der Waals surface area contributed by atoms with Crippen LogP contribution in [-0.4, -0.2) is 0 Å². The van der Waals surface area contributed by atoms with E-state index in [-0.39, 0.29) is 5.83 Å². The standard InChI is InChI=1S/C9H11F/c1-4-5-8(2)6-7-9(3)10/h6-7H,1-3H3/b8-6-,9-7+. The Labute approximate surface area is 61.4 Å². The Kier molecular flexibility index (Phi) is 4.32. The predicted octanol–water partition coefficient (Wildman–Crippen LogP) is 2.83. The summed E-state index contributed by atoms with van der Waals surface area (Å²) in [7, 11) is 0. The molecule has 0 bridgehead atoms. The summed E-state index contributed by atoms with van der Waals surface area (Å²) in [4.78, 5) is 0. The van der Waals surface area contributed by atoms with Crippen LogP contribution >= 0.6 is 0 Å². The van der Waals surface area contributed by atoms with Crippen molar-refractivity contribution in [1.29, 1.82) is 0 Å². The van der Waals surface area contributed by atoms with Crippen molar-refractivity contribution in [3.8, 4) is 11.8 Å². The highest BCUT2D eigenvalue weighted by Gasteiger charge is 1.78. The molecule has 0 saturated heterocycles. The summed E-state index contributed by atoms with van der Waals surface area (Å²) in [5.74, 6) is 5.32. The Morgan fingerprint density at radius 2 is 1.90 bits per heavy atom. The molecule has 0 aromatic rings. The molecule has 0 spiro atoms. The lowest BCUT2D eigenvalue weighted by Crippen LogP contribution is -1.66. The highest BCUT2D eigenvalue weighted by atomic mass is 19.1. The summed E-state index contributed by atoms with van der Waals surface area (Å²) in [5.41, 5.74) is 0.875. The van der Waals surface area contributed by atoms with Crippen molar-refractivity contribution in [3.63, 3.8) is 0 Å². The molecule has 54 valence electrons. The summed E-state index contributed by atoms with van der Waals surface area (Å²) in [5, 5.41) is 0. The van der Waals surface area contributed by atoms with Crippen LogP contribution < -0.4 is 0 Å². The minimum Gasteiger partial charge on any atom is -0.212 e. The minimum atomic E-state index is -0.197. The molecule has 0 aliphatic rings. The Bertz CT molecular complexity index is 207. The van der Waals surface area contributed by atoms with Gasteiger partial charge in [0, 0.05) is 0 Å². The van der Waals surface area contributed by atoms with E-state index >= 15 is 0 Å². The van der Waals surface area contributed by atoms with Crippen molar-refractivity contribution in [2.45, 2.75) is 20.8 Å². The van der Waals surface area contributed by atoms with E-state index in [0.29, 0.717) is 0 Å². The van der Waals surface area contributed by atoms with Gasteiger partial charge in [0.05, 0.1) is 5.83 Å². The summed E-state index contributed by atoms with van der Waals surface area (Å²) in [6, 6.07) is 0. The molecule has 0 aliphatic carbocycles. The van der Waals surface area contributed by atoms with Gasteiger partial charge in [-0.15, -0.1) is 5.92 Å². The molecule has 0 rings (SSSR count). The topological polar surface area (TPSA) is 0 Å². The highest BCUT2D eigenvalue weighted by Crippen LogP contribution is 1.96. The molecule has 0 aliphatic heterocycles. The van der Waals surface area contributed by atoms with Gasteiger partial charge in [-0.1, -0.05) is 5.92 Å². The lowest BCUT2D eigenvalue weighted by molar-refractivity contribution is 0.640. The summed E-state index contributed by atoms with van der Waals surface area (Å²) in [6.07, 6.45) is 3.06. The van der Waals surface area contributed by atoms with Crippen molar-refractivity contribution < 1.29 is 4.39 Å². The largest absolute Gasteiger partial charge is 0.212 e. The van der Waals surface area contributed by atoms with Crippen molar-refractivity contribution >= 4 is 0 Å². The SMILES string of the molecule is CC#C/C(C)=C\C=C(/C)F. The highest BCUT2D eigenvalue weighted by molar-refractivity contribution is 5.29. The number of allylic oxidation sites excluding steroid dienone is 4. The minimum absolute atomic E-state index is 0.197. The van der Waals surface area contributed by atoms with Crippen molar-refractivity contribution in [3.05, 3.63) is 23.6 Å². The van der Waals surface area contributed by atoms with Crippen LogP contribution in [0.25, 0.3) is 0 Å². The average molecular weight is 138 g/mol. The third kappa shape index (κ3) is 5.11. The van der Waals surface area contributed by atoms with Gasteiger partial charge in [0.25, 0.3) is 0 Å². The number of hydrogen-bond acceptors (Lipinski definition) is 0. The first-order chi connectivity index (χ1) is 4.66. The maximum absolute atomic E-state index is 12.1. The van der Waals surface area contributed by atoms with Crippen LogP contribution in [0.3, 0.4) is 0 Å². The van der Waals surface area contributed by atoms with Gasteiger partial charge in [-0.25, -0.2) is 4.39 Å². The zero-order valence-electron chi connectivity index (χ0n) is 6.53. The Balaban J connectivity index is 4.14.